The van der Waals surface area contributed by atoms with Crippen LogP contribution in [0.15, 0.2) is 18.2 Å². The van der Waals surface area contributed by atoms with Gasteiger partial charge in [-0.3, -0.25) is 0 Å². The van der Waals surface area contributed by atoms with E-state index in [1.807, 2.05) is 6.92 Å². The van der Waals surface area contributed by atoms with Crippen molar-refractivity contribution in [1.29, 1.82) is 0 Å². The second kappa shape index (κ2) is 4.80. The highest BCUT2D eigenvalue weighted by Gasteiger charge is 2.28. The molecule has 2 rings (SSSR count). The molecule has 1 N–H and O–H groups in total. The van der Waals surface area contributed by atoms with E-state index in [0.29, 0.717) is 12.4 Å². The molecule has 1 aromatic rings. The van der Waals surface area contributed by atoms with E-state index in [4.69, 9.17) is 9.47 Å². The molecule has 0 unspecified atom stereocenters. The molecule has 1 heterocycles. The average Bonchev–Trinajstić information content (AvgIpc) is 2.65. The maximum atomic E-state index is 13.1. The van der Waals surface area contributed by atoms with E-state index in [1.54, 1.807) is 6.07 Å². The second-order valence-corrected chi connectivity index (χ2v) is 3.87. The second-order valence-electron chi connectivity index (χ2n) is 3.87. The van der Waals surface area contributed by atoms with Crippen molar-refractivity contribution in [1.82, 2.24) is 0 Å². The van der Waals surface area contributed by atoms with Gasteiger partial charge in [-0.05, 0) is 18.1 Å². The van der Waals surface area contributed by atoms with Crippen molar-refractivity contribution in [2.24, 2.45) is 0 Å². The summed E-state index contributed by atoms with van der Waals surface area (Å²) in [6.07, 6.45) is -0.265. The zero-order valence-electron chi connectivity index (χ0n) is 9.15. The number of rotatable bonds is 3. The van der Waals surface area contributed by atoms with Gasteiger partial charge in [-0.1, -0.05) is 13.0 Å². The van der Waals surface area contributed by atoms with Gasteiger partial charge in [0.1, 0.15) is 23.8 Å². The van der Waals surface area contributed by atoms with E-state index in [-0.39, 0.29) is 12.4 Å². The van der Waals surface area contributed by atoms with Gasteiger partial charge in [0, 0.05) is 6.07 Å². The summed E-state index contributed by atoms with van der Waals surface area (Å²) in [5, 5.41) is 9.54. The topological polar surface area (TPSA) is 38.7 Å². The van der Waals surface area contributed by atoms with Gasteiger partial charge in [0.2, 0.25) is 0 Å². The molecule has 1 aliphatic heterocycles. The summed E-state index contributed by atoms with van der Waals surface area (Å²) in [4.78, 5) is 0. The van der Waals surface area contributed by atoms with E-state index < -0.39 is 12.2 Å². The molecule has 0 bridgehead atoms. The van der Waals surface area contributed by atoms with Crippen LogP contribution in [0.2, 0.25) is 0 Å². The van der Waals surface area contributed by atoms with Crippen LogP contribution in [-0.2, 0) is 11.2 Å². The predicted molar refractivity (Wildman–Crippen MR) is 57.0 cm³/mol. The fraction of sp³-hybridized carbons (Fsp3) is 0.500. The molecular weight excluding hydrogens is 211 g/mol. The highest BCUT2D eigenvalue weighted by Crippen LogP contribution is 2.23. The highest BCUT2D eigenvalue weighted by atomic mass is 19.1. The van der Waals surface area contributed by atoms with Crippen molar-refractivity contribution in [3.05, 3.63) is 29.6 Å². The molecule has 0 aliphatic carbocycles. The summed E-state index contributed by atoms with van der Waals surface area (Å²) in [6.45, 7) is 2.60. The molecule has 0 spiro atoms. The molecule has 1 aliphatic rings. The highest BCUT2D eigenvalue weighted by molar-refractivity contribution is 5.34. The van der Waals surface area contributed by atoms with Gasteiger partial charge in [-0.2, -0.15) is 0 Å². The van der Waals surface area contributed by atoms with E-state index in [1.165, 1.54) is 12.1 Å². The Morgan fingerprint density at radius 2 is 2.31 bits per heavy atom. The Morgan fingerprint density at radius 3 is 2.94 bits per heavy atom. The van der Waals surface area contributed by atoms with Crippen LogP contribution in [0.25, 0.3) is 0 Å². The zero-order valence-corrected chi connectivity index (χ0v) is 9.15. The zero-order chi connectivity index (χ0) is 11.5. The van der Waals surface area contributed by atoms with Crippen LogP contribution in [0.4, 0.5) is 4.39 Å². The van der Waals surface area contributed by atoms with E-state index in [2.05, 4.69) is 0 Å². The summed E-state index contributed by atoms with van der Waals surface area (Å²) >= 11 is 0. The molecule has 2 atom stereocenters. The molecule has 3 nitrogen and oxygen atoms in total. The van der Waals surface area contributed by atoms with Gasteiger partial charge in [-0.25, -0.2) is 4.39 Å². The number of ether oxygens (including phenoxy) is 2. The lowest BCUT2D eigenvalue weighted by Crippen LogP contribution is -2.30. The van der Waals surface area contributed by atoms with Crippen molar-refractivity contribution < 1.29 is 19.0 Å². The number of hydrogen-bond donors (Lipinski definition) is 1. The molecule has 4 heteroatoms. The number of aliphatic hydroxyl groups is 1. The quantitative estimate of drug-likeness (QED) is 0.849. The summed E-state index contributed by atoms with van der Waals surface area (Å²) in [5.41, 5.74) is 0.931. The molecule has 0 aromatic heterocycles. The van der Waals surface area contributed by atoms with Crippen molar-refractivity contribution in [2.75, 3.05) is 13.2 Å². The Balaban J connectivity index is 2.16. The number of halogens is 1. The van der Waals surface area contributed by atoms with Crippen LogP contribution < -0.4 is 4.74 Å². The Morgan fingerprint density at radius 1 is 1.50 bits per heavy atom. The van der Waals surface area contributed by atoms with Gasteiger partial charge >= 0.3 is 0 Å². The lowest BCUT2D eigenvalue weighted by atomic mass is 10.1. The molecule has 0 amide bonds. The summed E-state index contributed by atoms with van der Waals surface area (Å²) < 4.78 is 23.7. The fourth-order valence-electron chi connectivity index (χ4n) is 1.73. The first kappa shape index (κ1) is 11.4. The lowest BCUT2D eigenvalue weighted by molar-refractivity contribution is 0.0725. The smallest absolute Gasteiger partial charge is 0.150 e. The minimum Gasteiger partial charge on any atom is -0.485 e. The van der Waals surface area contributed by atoms with Gasteiger partial charge in [0.15, 0.2) is 0 Å². The standard InChI is InChI=1S/C12H15FO3/c1-2-8-3-4-9(13)5-11(8)16-12-7-15-6-10(12)14/h3-5,10,12,14H,2,6-7H2,1H3/t10-,12-/m1/s1. The monoisotopic (exact) mass is 226 g/mol. The first-order valence-electron chi connectivity index (χ1n) is 5.41. The predicted octanol–water partition coefficient (Wildman–Crippen LogP) is 1.53. The normalized spacial score (nSPS) is 24.7. The van der Waals surface area contributed by atoms with Crippen LogP contribution >= 0.6 is 0 Å². The number of aryl methyl sites for hydroxylation is 1. The van der Waals surface area contributed by atoms with Crippen LogP contribution in [0.5, 0.6) is 5.75 Å². The third-order valence-electron chi connectivity index (χ3n) is 2.69. The molecular formula is C12H15FO3. The van der Waals surface area contributed by atoms with Crippen LogP contribution in [0.1, 0.15) is 12.5 Å². The Hall–Kier alpha value is -1.13. The van der Waals surface area contributed by atoms with Crippen LogP contribution in [-0.4, -0.2) is 30.5 Å². The van der Waals surface area contributed by atoms with Crippen molar-refractivity contribution in [3.8, 4) is 5.75 Å². The average molecular weight is 226 g/mol. The van der Waals surface area contributed by atoms with Gasteiger partial charge < -0.3 is 14.6 Å². The lowest BCUT2D eigenvalue weighted by Gasteiger charge is -2.17. The van der Waals surface area contributed by atoms with Crippen molar-refractivity contribution in [3.63, 3.8) is 0 Å². The number of hydrogen-bond acceptors (Lipinski definition) is 3. The van der Waals surface area contributed by atoms with Gasteiger partial charge in [-0.15, -0.1) is 0 Å². The SMILES string of the molecule is CCc1ccc(F)cc1O[C@@H]1COC[C@H]1O. The summed E-state index contributed by atoms with van der Waals surface area (Å²) in [6, 6.07) is 4.46. The summed E-state index contributed by atoms with van der Waals surface area (Å²) in [7, 11) is 0. The molecule has 16 heavy (non-hydrogen) atoms. The van der Waals surface area contributed by atoms with Gasteiger partial charge in [0.25, 0.3) is 0 Å². The molecule has 1 aromatic carbocycles. The number of benzene rings is 1. The summed E-state index contributed by atoms with van der Waals surface area (Å²) in [5.74, 6) is 0.164. The first-order chi connectivity index (χ1) is 7.70. The largest absolute Gasteiger partial charge is 0.485 e. The minimum atomic E-state index is -0.632. The van der Waals surface area contributed by atoms with Crippen molar-refractivity contribution in [2.45, 2.75) is 25.6 Å². The van der Waals surface area contributed by atoms with Crippen LogP contribution in [0.3, 0.4) is 0 Å². The molecule has 0 radical (unpaired) electrons. The fourth-order valence-corrected chi connectivity index (χ4v) is 1.73. The minimum absolute atomic E-state index is 0.279. The Bertz CT molecular complexity index is 367. The maximum Gasteiger partial charge on any atom is 0.150 e. The molecule has 1 saturated heterocycles. The molecule has 1 fully saturated rings. The first-order valence-corrected chi connectivity index (χ1v) is 5.41. The Labute approximate surface area is 93.8 Å². The Kier molecular flexibility index (Phi) is 3.41. The van der Waals surface area contributed by atoms with Crippen LogP contribution in [0, 0.1) is 5.82 Å². The third kappa shape index (κ3) is 2.33. The third-order valence-corrected chi connectivity index (χ3v) is 2.69. The van der Waals surface area contributed by atoms with E-state index in [0.717, 1.165) is 12.0 Å². The molecule has 88 valence electrons. The van der Waals surface area contributed by atoms with Gasteiger partial charge in [0.05, 0.1) is 13.2 Å². The molecule has 0 saturated carbocycles. The maximum absolute atomic E-state index is 13.1. The number of aliphatic hydroxyl groups excluding tert-OH is 1. The van der Waals surface area contributed by atoms with E-state index in [9.17, 15) is 9.50 Å². The van der Waals surface area contributed by atoms with Crippen molar-refractivity contribution >= 4 is 0 Å². The van der Waals surface area contributed by atoms with E-state index >= 15 is 0 Å².